The summed E-state index contributed by atoms with van der Waals surface area (Å²) in [5, 5.41) is 2.75. The molecule has 1 aromatic carbocycles. The van der Waals surface area contributed by atoms with Crippen LogP contribution in [0.5, 0.6) is 0 Å². The largest absolute Gasteiger partial charge is 0.328 e. The van der Waals surface area contributed by atoms with Gasteiger partial charge in [-0.15, -0.1) is 0 Å². The van der Waals surface area contributed by atoms with Crippen LogP contribution >= 0.6 is 0 Å². The summed E-state index contributed by atoms with van der Waals surface area (Å²) in [5.74, 6) is -0.0709. The number of rotatable bonds is 3. The summed E-state index contributed by atoms with van der Waals surface area (Å²) in [7, 11) is -3.19. The molecule has 0 unspecified atom stereocenters. The van der Waals surface area contributed by atoms with Crippen LogP contribution in [0.25, 0.3) is 0 Å². The second-order valence-electron chi connectivity index (χ2n) is 4.71. The normalized spacial score (nSPS) is 23.2. The van der Waals surface area contributed by atoms with Crippen LogP contribution in [0.15, 0.2) is 29.2 Å². The van der Waals surface area contributed by atoms with Gasteiger partial charge in [-0.2, -0.15) is 0 Å². The Morgan fingerprint density at radius 1 is 1.28 bits per heavy atom. The van der Waals surface area contributed by atoms with Crippen LogP contribution in [-0.4, -0.2) is 26.6 Å². The van der Waals surface area contributed by atoms with Crippen molar-refractivity contribution in [3.05, 3.63) is 24.3 Å². The van der Waals surface area contributed by atoms with E-state index < -0.39 is 9.84 Å². The average Bonchev–Trinajstić information content (AvgIpc) is 2.24. The van der Waals surface area contributed by atoms with Crippen LogP contribution in [0.3, 0.4) is 0 Å². The molecule has 0 aromatic heterocycles. The lowest BCUT2D eigenvalue weighted by atomic mass is 9.80. The third-order valence-electron chi connectivity index (χ3n) is 3.10. The Bertz CT molecular complexity index is 545. The summed E-state index contributed by atoms with van der Waals surface area (Å²) in [6.45, 7) is 0. The summed E-state index contributed by atoms with van der Waals surface area (Å²) in [5.41, 5.74) is 6.23. The Morgan fingerprint density at radius 3 is 2.28 bits per heavy atom. The number of carbonyl (C=O) groups excluding carboxylic acids is 1. The molecular formula is C12H16N2O3S. The van der Waals surface area contributed by atoms with Gasteiger partial charge >= 0.3 is 0 Å². The van der Waals surface area contributed by atoms with Crippen molar-refractivity contribution in [2.75, 3.05) is 11.6 Å². The van der Waals surface area contributed by atoms with Crippen LogP contribution < -0.4 is 11.1 Å². The van der Waals surface area contributed by atoms with Gasteiger partial charge in [0.1, 0.15) is 0 Å². The monoisotopic (exact) mass is 268 g/mol. The van der Waals surface area contributed by atoms with E-state index in [2.05, 4.69) is 5.32 Å². The summed E-state index contributed by atoms with van der Waals surface area (Å²) < 4.78 is 22.5. The number of nitrogens with two attached hydrogens (primary N) is 1. The van der Waals surface area contributed by atoms with Crippen molar-refractivity contribution in [3.63, 3.8) is 0 Å². The predicted octanol–water partition coefficient (Wildman–Crippen LogP) is 0.766. The lowest BCUT2D eigenvalue weighted by Gasteiger charge is -2.31. The molecule has 0 bridgehead atoms. The molecule has 0 aliphatic heterocycles. The molecule has 1 aliphatic rings. The molecule has 0 radical (unpaired) electrons. The lowest BCUT2D eigenvalue weighted by Crippen LogP contribution is -2.42. The van der Waals surface area contributed by atoms with Crippen LogP contribution in [-0.2, 0) is 14.6 Å². The van der Waals surface area contributed by atoms with Gasteiger partial charge in [0.15, 0.2) is 9.84 Å². The molecule has 98 valence electrons. The van der Waals surface area contributed by atoms with Crippen molar-refractivity contribution in [2.24, 2.45) is 11.7 Å². The van der Waals surface area contributed by atoms with Gasteiger partial charge in [0.25, 0.3) is 0 Å². The fourth-order valence-corrected chi connectivity index (χ4v) is 2.54. The number of anilines is 1. The van der Waals surface area contributed by atoms with Crippen LogP contribution in [0.4, 0.5) is 5.69 Å². The number of carbonyl (C=O) groups is 1. The summed E-state index contributed by atoms with van der Waals surface area (Å²) in [4.78, 5) is 12.0. The maximum absolute atomic E-state index is 11.7. The Morgan fingerprint density at radius 2 is 1.83 bits per heavy atom. The van der Waals surface area contributed by atoms with Crippen LogP contribution in [0.2, 0.25) is 0 Å². The first-order valence-electron chi connectivity index (χ1n) is 5.73. The molecule has 1 aliphatic carbocycles. The van der Waals surface area contributed by atoms with Gasteiger partial charge in [-0.3, -0.25) is 4.79 Å². The minimum Gasteiger partial charge on any atom is -0.328 e. The number of nitrogens with one attached hydrogen (secondary N) is 1. The first kappa shape index (κ1) is 13.0. The van der Waals surface area contributed by atoms with Gasteiger partial charge in [0, 0.05) is 23.9 Å². The zero-order valence-electron chi connectivity index (χ0n) is 10.1. The molecule has 0 spiro atoms. The first-order valence-corrected chi connectivity index (χ1v) is 7.62. The maximum atomic E-state index is 11.7. The van der Waals surface area contributed by atoms with E-state index in [9.17, 15) is 13.2 Å². The molecule has 1 amide bonds. The van der Waals surface area contributed by atoms with E-state index in [0.717, 1.165) is 6.26 Å². The summed E-state index contributed by atoms with van der Waals surface area (Å²) in [6, 6.07) is 6.28. The molecule has 5 nitrogen and oxygen atoms in total. The average molecular weight is 268 g/mol. The SMILES string of the molecule is CS(=O)(=O)c1ccc(NC(=O)C2CC(N)C2)cc1. The van der Waals surface area contributed by atoms with Gasteiger partial charge < -0.3 is 11.1 Å². The van der Waals surface area contributed by atoms with Crippen LogP contribution in [0, 0.1) is 5.92 Å². The first-order chi connectivity index (χ1) is 8.36. The molecule has 18 heavy (non-hydrogen) atoms. The summed E-state index contributed by atoms with van der Waals surface area (Å²) >= 11 is 0. The Kier molecular flexibility index (Phi) is 3.41. The van der Waals surface area contributed by atoms with E-state index >= 15 is 0 Å². The zero-order chi connectivity index (χ0) is 13.3. The van der Waals surface area contributed by atoms with Gasteiger partial charge in [-0.25, -0.2) is 8.42 Å². The van der Waals surface area contributed by atoms with E-state index in [1.165, 1.54) is 12.1 Å². The van der Waals surface area contributed by atoms with Crippen molar-refractivity contribution < 1.29 is 13.2 Å². The predicted molar refractivity (Wildman–Crippen MR) is 68.9 cm³/mol. The van der Waals surface area contributed by atoms with Crippen molar-refractivity contribution >= 4 is 21.4 Å². The number of benzene rings is 1. The molecule has 0 atom stereocenters. The van der Waals surface area contributed by atoms with Crippen molar-refractivity contribution in [1.29, 1.82) is 0 Å². The minimum atomic E-state index is -3.19. The van der Waals surface area contributed by atoms with E-state index in [1.54, 1.807) is 12.1 Å². The fourth-order valence-electron chi connectivity index (χ4n) is 1.91. The third-order valence-corrected chi connectivity index (χ3v) is 4.22. The molecule has 1 saturated carbocycles. The fraction of sp³-hybridized carbons (Fsp3) is 0.417. The Balaban J connectivity index is 2.00. The molecule has 6 heteroatoms. The highest BCUT2D eigenvalue weighted by atomic mass is 32.2. The molecule has 1 fully saturated rings. The van der Waals surface area contributed by atoms with E-state index in [0.29, 0.717) is 18.5 Å². The highest BCUT2D eigenvalue weighted by molar-refractivity contribution is 7.90. The van der Waals surface area contributed by atoms with E-state index in [1.807, 2.05) is 0 Å². The van der Waals surface area contributed by atoms with Crippen molar-refractivity contribution in [1.82, 2.24) is 0 Å². The van der Waals surface area contributed by atoms with Gasteiger partial charge in [0.05, 0.1) is 4.90 Å². The van der Waals surface area contributed by atoms with Gasteiger partial charge in [-0.1, -0.05) is 0 Å². The molecule has 3 N–H and O–H groups in total. The van der Waals surface area contributed by atoms with Crippen LogP contribution in [0.1, 0.15) is 12.8 Å². The second-order valence-corrected chi connectivity index (χ2v) is 6.73. The molecule has 0 saturated heterocycles. The van der Waals surface area contributed by atoms with E-state index in [-0.39, 0.29) is 22.8 Å². The Labute approximate surface area is 106 Å². The molecule has 1 aromatic rings. The highest BCUT2D eigenvalue weighted by Crippen LogP contribution is 2.27. The topological polar surface area (TPSA) is 89.3 Å². The molecular weight excluding hydrogens is 252 g/mol. The third kappa shape index (κ3) is 2.88. The van der Waals surface area contributed by atoms with Gasteiger partial charge in [-0.05, 0) is 37.1 Å². The van der Waals surface area contributed by atoms with Crippen molar-refractivity contribution in [2.45, 2.75) is 23.8 Å². The Hall–Kier alpha value is -1.40. The number of amides is 1. The van der Waals surface area contributed by atoms with Crippen molar-refractivity contribution in [3.8, 4) is 0 Å². The van der Waals surface area contributed by atoms with Gasteiger partial charge in [0.2, 0.25) is 5.91 Å². The second kappa shape index (κ2) is 4.70. The zero-order valence-corrected chi connectivity index (χ0v) is 10.9. The number of hydrogen-bond acceptors (Lipinski definition) is 4. The number of sulfone groups is 1. The molecule has 0 heterocycles. The highest BCUT2D eigenvalue weighted by Gasteiger charge is 2.31. The smallest absolute Gasteiger partial charge is 0.227 e. The minimum absolute atomic E-state index is 0.0189. The lowest BCUT2D eigenvalue weighted by molar-refractivity contribution is -0.122. The standard InChI is InChI=1S/C12H16N2O3S/c1-18(16,17)11-4-2-10(3-5-11)14-12(15)8-6-9(13)7-8/h2-5,8-9H,6-7,13H2,1H3,(H,14,15). The maximum Gasteiger partial charge on any atom is 0.227 e. The van der Waals surface area contributed by atoms with E-state index in [4.69, 9.17) is 5.73 Å². The molecule has 2 rings (SSSR count). The summed E-state index contributed by atoms with van der Waals surface area (Å²) in [6.07, 6.45) is 2.58. The quantitative estimate of drug-likeness (QED) is 0.847. The number of hydrogen-bond donors (Lipinski definition) is 2.